The van der Waals surface area contributed by atoms with Gasteiger partial charge in [0.15, 0.2) is 0 Å². The first-order chi connectivity index (χ1) is 3.13. The molecule has 0 saturated heterocycles. The number of rotatable bonds is 2. The van der Waals surface area contributed by atoms with Crippen molar-refractivity contribution in [1.82, 2.24) is 4.90 Å². The first-order valence-corrected chi connectivity index (χ1v) is 2.45. The molecule has 0 aliphatic rings. The van der Waals surface area contributed by atoms with Gasteiger partial charge in [-0.25, -0.2) is 0 Å². The third-order valence-electron chi connectivity index (χ3n) is 0.629. The molecule has 0 fully saturated rings. The summed E-state index contributed by atoms with van der Waals surface area (Å²) in [5.41, 5.74) is 0. The van der Waals surface area contributed by atoms with Gasteiger partial charge in [0.2, 0.25) is 0 Å². The molecule has 0 radical (unpaired) electrons. The molecular weight excluding hydrogens is 102 g/mol. The number of hydrogen-bond donors (Lipinski definition) is 1. The summed E-state index contributed by atoms with van der Waals surface area (Å²) in [5, 5.41) is 8.68. The summed E-state index contributed by atoms with van der Waals surface area (Å²) in [6, 6.07) is 0. The molecule has 0 bridgehead atoms. The summed E-state index contributed by atoms with van der Waals surface area (Å²) in [6.07, 6.45) is -0.199. The van der Waals surface area contributed by atoms with Crippen molar-refractivity contribution in [3.8, 4) is 0 Å². The lowest BCUT2D eigenvalue weighted by molar-refractivity contribution is 0.154. The highest BCUT2D eigenvalue weighted by Gasteiger charge is 1.93. The lowest BCUT2D eigenvalue weighted by Gasteiger charge is -2.10. The fraction of sp³-hybridized carbons (Fsp3) is 0.833. The van der Waals surface area contributed by atoms with Gasteiger partial charge in [0.25, 0.3) is 0 Å². The van der Waals surface area contributed by atoms with Gasteiger partial charge in [-0.1, -0.05) is 0 Å². The number of aliphatic hydroxyl groups excluding tert-OH is 1. The van der Waals surface area contributed by atoms with E-state index in [9.17, 15) is 0 Å². The Balaban J connectivity index is 0. The van der Waals surface area contributed by atoms with Crippen molar-refractivity contribution in [3.63, 3.8) is 0 Å². The Hall–Kier alpha value is -0.210. The second kappa shape index (κ2) is 4.94. The summed E-state index contributed by atoms with van der Waals surface area (Å²) in [4.78, 5) is 1.95. The Morgan fingerprint density at radius 3 is 1.88 bits per heavy atom. The maximum Gasteiger partial charge on any atom is 0.0638 e. The highest BCUT2D eigenvalue weighted by Crippen LogP contribution is 1.80. The van der Waals surface area contributed by atoms with Crippen molar-refractivity contribution in [2.75, 3.05) is 20.6 Å². The Labute approximate surface area is 52.1 Å². The largest absolute Gasteiger partial charge is 0.392 e. The average molecular weight is 118 g/mol. The van der Waals surface area contributed by atoms with Crippen LogP contribution in [0.25, 0.3) is 0 Å². The van der Waals surface area contributed by atoms with Crippen LogP contribution >= 0.6 is 0 Å². The molecule has 0 saturated carbocycles. The minimum Gasteiger partial charge on any atom is -0.392 e. The zero-order valence-electron chi connectivity index (χ0n) is 6.18. The SMILES string of the molecule is CC(O)CN(C)C.[CH3+]. The highest BCUT2D eigenvalue weighted by molar-refractivity contribution is 4.48. The molecule has 0 rings (SSSR count). The van der Waals surface area contributed by atoms with Crippen LogP contribution in [0.5, 0.6) is 0 Å². The quantitative estimate of drug-likeness (QED) is 0.530. The van der Waals surface area contributed by atoms with E-state index >= 15 is 0 Å². The van der Waals surface area contributed by atoms with E-state index in [0.29, 0.717) is 0 Å². The van der Waals surface area contributed by atoms with Gasteiger partial charge >= 0.3 is 0 Å². The van der Waals surface area contributed by atoms with E-state index in [1.54, 1.807) is 6.92 Å². The van der Waals surface area contributed by atoms with Gasteiger partial charge < -0.3 is 10.0 Å². The van der Waals surface area contributed by atoms with Gasteiger partial charge in [0.05, 0.1) is 6.10 Å². The Kier molecular flexibility index (Phi) is 6.61. The number of aliphatic hydroxyl groups is 1. The molecule has 1 N–H and O–H groups in total. The smallest absolute Gasteiger partial charge is 0.0638 e. The lowest BCUT2D eigenvalue weighted by atomic mass is 10.4. The van der Waals surface area contributed by atoms with Crippen LogP contribution in [0.4, 0.5) is 0 Å². The van der Waals surface area contributed by atoms with Crippen LogP contribution in [-0.2, 0) is 0 Å². The van der Waals surface area contributed by atoms with Crippen LogP contribution in [0.2, 0.25) is 0 Å². The number of likely N-dealkylation sites (N-methyl/N-ethyl adjacent to an activating group) is 1. The van der Waals surface area contributed by atoms with Gasteiger partial charge in [-0.15, -0.1) is 0 Å². The van der Waals surface area contributed by atoms with Gasteiger partial charge in [-0.05, 0) is 21.0 Å². The molecule has 0 aliphatic carbocycles. The standard InChI is InChI=1S/C5H13NO.CH3/c1-5(7)4-6(2)3;/h5,7H,4H2,1-3H3;1H3/q;+1. The van der Waals surface area contributed by atoms with Crippen LogP contribution in [0.15, 0.2) is 0 Å². The van der Waals surface area contributed by atoms with E-state index in [0.717, 1.165) is 6.54 Å². The van der Waals surface area contributed by atoms with Crippen molar-refractivity contribution in [3.05, 3.63) is 7.43 Å². The molecule has 0 spiro atoms. The van der Waals surface area contributed by atoms with Crippen molar-refractivity contribution in [1.29, 1.82) is 0 Å². The van der Waals surface area contributed by atoms with Crippen LogP contribution in [0.3, 0.4) is 0 Å². The van der Waals surface area contributed by atoms with Crippen LogP contribution < -0.4 is 0 Å². The third kappa shape index (κ3) is 9.25. The van der Waals surface area contributed by atoms with Crippen LogP contribution in [-0.4, -0.2) is 36.8 Å². The van der Waals surface area contributed by atoms with E-state index in [1.807, 2.05) is 19.0 Å². The van der Waals surface area contributed by atoms with Gasteiger partial charge in [0.1, 0.15) is 0 Å². The maximum absolute atomic E-state index is 8.68. The molecule has 50 valence electrons. The van der Waals surface area contributed by atoms with Crippen molar-refractivity contribution < 1.29 is 5.11 Å². The predicted molar refractivity (Wildman–Crippen MR) is 36.6 cm³/mol. The Morgan fingerprint density at radius 1 is 1.50 bits per heavy atom. The summed E-state index contributed by atoms with van der Waals surface area (Å²) in [6.45, 7) is 2.53. The molecule has 0 heterocycles. The molecule has 0 amide bonds. The van der Waals surface area contributed by atoms with Crippen molar-refractivity contribution in [2.45, 2.75) is 13.0 Å². The van der Waals surface area contributed by atoms with Crippen molar-refractivity contribution >= 4 is 0 Å². The molecule has 8 heavy (non-hydrogen) atoms. The van der Waals surface area contributed by atoms with Crippen LogP contribution in [0, 0.1) is 7.43 Å². The number of nitrogens with zero attached hydrogens (tertiary/aromatic N) is 1. The van der Waals surface area contributed by atoms with Gasteiger partial charge in [-0.2, -0.15) is 0 Å². The first-order valence-electron chi connectivity index (χ1n) is 2.45. The summed E-state index contributed by atoms with van der Waals surface area (Å²) in [7, 11) is 3.87. The Morgan fingerprint density at radius 2 is 1.88 bits per heavy atom. The van der Waals surface area contributed by atoms with Gasteiger partial charge in [0, 0.05) is 14.0 Å². The maximum atomic E-state index is 8.68. The Bertz CT molecular complexity index is 37.8. The van der Waals surface area contributed by atoms with E-state index in [-0.39, 0.29) is 13.5 Å². The number of hydrogen-bond acceptors (Lipinski definition) is 2. The summed E-state index contributed by atoms with van der Waals surface area (Å²) < 4.78 is 0. The molecule has 1 atom stereocenters. The van der Waals surface area contributed by atoms with Crippen molar-refractivity contribution in [2.24, 2.45) is 0 Å². The minimum absolute atomic E-state index is 0. The van der Waals surface area contributed by atoms with E-state index in [4.69, 9.17) is 5.11 Å². The summed E-state index contributed by atoms with van der Waals surface area (Å²) in [5.74, 6) is 0. The molecule has 0 aromatic rings. The normalized spacial score (nSPS) is 13.1. The zero-order chi connectivity index (χ0) is 5.86. The fourth-order valence-corrected chi connectivity index (χ4v) is 0.528. The topological polar surface area (TPSA) is 23.5 Å². The molecular formula is C6H16NO+. The molecule has 0 aromatic carbocycles. The lowest BCUT2D eigenvalue weighted by Crippen LogP contribution is -2.22. The third-order valence-corrected chi connectivity index (χ3v) is 0.629. The second-order valence-electron chi connectivity index (χ2n) is 2.11. The average Bonchev–Trinajstić information content (AvgIpc) is 1.27. The fourth-order valence-electron chi connectivity index (χ4n) is 0.528. The molecule has 0 aliphatic heterocycles. The van der Waals surface area contributed by atoms with E-state index in [1.165, 1.54) is 0 Å². The highest BCUT2D eigenvalue weighted by atomic mass is 16.3. The molecule has 2 heteroatoms. The van der Waals surface area contributed by atoms with E-state index in [2.05, 4.69) is 0 Å². The molecule has 2 nitrogen and oxygen atoms in total. The van der Waals surface area contributed by atoms with Crippen LogP contribution in [0.1, 0.15) is 6.92 Å². The second-order valence-corrected chi connectivity index (χ2v) is 2.11. The predicted octanol–water partition coefficient (Wildman–Crippen LogP) is 0.379. The van der Waals surface area contributed by atoms with Gasteiger partial charge in [-0.3, -0.25) is 0 Å². The first kappa shape index (κ1) is 10.7. The minimum atomic E-state index is -0.199. The van der Waals surface area contributed by atoms with E-state index < -0.39 is 0 Å². The summed E-state index contributed by atoms with van der Waals surface area (Å²) >= 11 is 0. The zero-order valence-corrected chi connectivity index (χ0v) is 6.18. The molecule has 0 aromatic heterocycles. The molecule has 1 unspecified atom stereocenters. The monoisotopic (exact) mass is 118 g/mol.